The van der Waals surface area contributed by atoms with Crippen molar-refractivity contribution in [2.75, 3.05) is 39.3 Å². The molecule has 3 fully saturated rings. The topological polar surface area (TPSA) is 85.0 Å². The third-order valence-electron chi connectivity index (χ3n) is 10.4. The van der Waals surface area contributed by atoms with Crippen LogP contribution in [-0.4, -0.2) is 83.9 Å². The number of fused-ring (bicyclic) bond motifs is 3. The fourth-order valence-corrected chi connectivity index (χ4v) is 8.96. The minimum absolute atomic E-state index is 0.0210. The molecule has 5 heterocycles. The van der Waals surface area contributed by atoms with Gasteiger partial charge in [-0.1, -0.05) is 48.9 Å². The Balaban J connectivity index is 1.05. The Morgan fingerprint density at radius 3 is 2.43 bits per heavy atom. The Hall–Kier alpha value is -3.43. The zero-order valence-electron chi connectivity index (χ0n) is 25.4. The van der Waals surface area contributed by atoms with Crippen LogP contribution in [0.25, 0.3) is 10.1 Å². The Morgan fingerprint density at radius 1 is 0.909 bits per heavy atom. The van der Waals surface area contributed by atoms with Gasteiger partial charge in [-0.3, -0.25) is 9.59 Å². The van der Waals surface area contributed by atoms with Crippen LogP contribution in [0.5, 0.6) is 0 Å². The van der Waals surface area contributed by atoms with E-state index in [0.29, 0.717) is 44.8 Å². The molecule has 0 unspecified atom stereocenters. The van der Waals surface area contributed by atoms with Gasteiger partial charge in [-0.25, -0.2) is 4.79 Å². The SMILES string of the molecule is O=C1Cc2ccccc2C2(CCN(C(=O)N[C@H](Cc3csc4ccccc34)C(=O)N3CCC(N4CCCCC4)CC3)CC2)N1. The molecular formula is C35H43N5O3S. The number of nitrogens with one attached hydrogen (secondary N) is 2. The molecule has 44 heavy (non-hydrogen) atoms. The number of carbonyl (C=O) groups excluding carboxylic acids is 3. The molecular weight excluding hydrogens is 570 g/mol. The first kappa shape index (κ1) is 29.3. The molecule has 1 spiro atoms. The van der Waals surface area contributed by atoms with E-state index in [-0.39, 0.29) is 17.8 Å². The van der Waals surface area contributed by atoms with Crippen molar-refractivity contribution in [3.8, 4) is 0 Å². The summed E-state index contributed by atoms with van der Waals surface area (Å²) in [5.74, 6) is 0.0620. The highest BCUT2D eigenvalue weighted by Gasteiger charge is 2.43. The minimum atomic E-state index is -0.627. The molecule has 232 valence electrons. The summed E-state index contributed by atoms with van der Waals surface area (Å²) in [7, 11) is 0. The second-order valence-corrected chi connectivity index (χ2v) is 14.0. The van der Waals surface area contributed by atoms with E-state index in [4.69, 9.17) is 0 Å². The van der Waals surface area contributed by atoms with Crippen LogP contribution in [0.3, 0.4) is 0 Å². The monoisotopic (exact) mass is 613 g/mol. The number of amides is 4. The third kappa shape index (κ3) is 5.84. The van der Waals surface area contributed by atoms with Crippen molar-refractivity contribution in [1.29, 1.82) is 0 Å². The lowest BCUT2D eigenvalue weighted by molar-refractivity contribution is -0.135. The predicted octanol–water partition coefficient (Wildman–Crippen LogP) is 4.66. The smallest absolute Gasteiger partial charge is 0.318 e. The largest absolute Gasteiger partial charge is 0.346 e. The van der Waals surface area contributed by atoms with Crippen molar-refractivity contribution < 1.29 is 14.4 Å². The standard InChI is InChI=1S/C35H43N5O3S/c41-32-23-25-8-2-4-10-29(25)35(37-32)14-20-40(21-15-35)34(43)36-30(22-26-24-44-31-11-5-3-9-28(26)31)33(42)39-18-12-27(13-19-39)38-16-6-1-7-17-38/h2-5,8-11,24,27,30H,1,6-7,12-23H2,(H,36,43)(H,37,41)/t30-/m1/s1. The number of thiophene rings is 1. The van der Waals surface area contributed by atoms with Crippen LogP contribution < -0.4 is 10.6 Å². The van der Waals surface area contributed by atoms with Crippen LogP contribution in [-0.2, 0) is 28.0 Å². The molecule has 2 aromatic carbocycles. The molecule has 4 aliphatic rings. The van der Waals surface area contributed by atoms with E-state index in [2.05, 4.69) is 39.1 Å². The van der Waals surface area contributed by atoms with E-state index < -0.39 is 11.6 Å². The van der Waals surface area contributed by atoms with Gasteiger partial charge in [0, 0.05) is 43.3 Å². The van der Waals surface area contributed by atoms with Gasteiger partial charge in [-0.2, -0.15) is 0 Å². The van der Waals surface area contributed by atoms with Crippen molar-refractivity contribution in [1.82, 2.24) is 25.3 Å². The summed E-state index contributed by atoms with van der Waals surface area (Å²) in [6.45, 7) is 4.86. The van der Waals surface area contributed by atoms with Crippen LogP contribution in [0, 0.1) is 0 Å². The molecule has 0 bridgehead atoms. The number of likely N-dealkylation sites (tertiary alicyclic amines) is 3. The first-order chi connectivity index (χ1) is 21.5. The highest BCUT2D eigenvalue weighted by Crippen LogP contribution is 2.38. The first-order valence-corrected chi connectivity index (χ1v) is 17.3. The number of hydrogen-bond acceptors (Lipinski definition) is 5. The molecule has 4 amide bonds. The Bertz CT molecular complexity index is 1520. The number of rotatable bonds is 5. The molecule has 0 aliphatic carbocycles. The van der Waals surface area contributed by atoms with Crippen molar-refractivity contribution in [3.63, 3.8) is 0 Å². The fraction of sp³-hybridized carbons (Fsp3) is 0.514. The zero-order valence-corrected chi connectivity index (χ0v) is 26.2. The summed E-state index contributed by atoms with van der Waals surface area (Å²) in [5.41, 5.74) is 2.91. The molecule has 3 aromatic rings. The number of piperidine rings is 3. The van der Waals surface area contributed by atoms with E-state index in [9.17, 15) is 14.4 Å². The molecule has 8 nitrogen and oxygen atoms in total. The van der Waals surface area contributed by atoms with Gasteiger partial charge in [0.25, 0.3) is 0 Å². The van der Waals surface area contributed by atoms with Crippen molar-refractivity contribution in [2.45, 2.75) is 75.4 Å². The van der Waals surface area contributed by atoms with E-state index in [1.807, 2.05) is 40.1 Å². The Labute approximate surface area is 263 Å². The fourth-order valence-electron chi connectivity index (χ4n) is 7.99. The van der Waals surface area contributed by atoms with Gasteiger partial charge in [0.15, 0.2) is 0 Å². The van der Waals surface area contributed by atoms with E-state index in [1.54, 1.807) is 11.3 Å². The van der Waals surface area contributed by atoms with Crippen LogP contribution in [0.4, 0.5) is 4.79 Å². The van der Waals surface area contributed by atoms with Crippen molar-refractivity contribution in [3.05, 3.63) is 70.6 Å². The predicted molar refractivity (Wildman–Crippen MR) is 174 cm³/mol. The maximum Gasteiger partial charge on any atom is 0.318 e. The molecule has 9 heteroatoms. The summed E-state index contributed by atoms with van der Waals surface area (Å²) in [6.07, 6.45) is 8.05. The molecule has 1 aromatic heterocycles. The highest BCUT2D eigenvalue weighted by atomic mass is 32.1. The maximum absolute atomic E-state index is 14.1. The summed E-state index contributed by atoms with van der Waals surface area (Å²) in [6, 6.07) is 16.2. The molecule has 3 saturated heterocycles. The summed E-state index contributed by atoms with van der Waals surface area (Å²) < 4.78 is 1.19. The number of urea groups is 1. The molecule has 0 saturated carbocycles. The average molecular weight is 614 g/mol. The molecule has 1 atom stereocenters. The summed E-state index contributed by atoms with van der Waals surface area (Å²) in [5, 5.41) is 9.73. The summed E-state index contributed by atoms with van der Waals surface area (Å²) >= 11 is 1.69. The lowest BCUT2D eigenvalue weighted by atomic mass is 9.75. The van der Waals surface area contributed by atoms with Gasteiger partial charge in [-0.05, 0) is 85.1 Å². The first-order valence-electron chi connectivity index (χ1n) is 16.4. The van der Waals surface area contributed by atoms with Crippen LogP contribution >= 0.6 is 11.3 Å². The van der Waals surface area contributed by atoms with Crippen molar-refractivity contribution >= 4 is 39.3 Å². The van der Waals surface area contributed by atoms with Crippen molar-refractivity contribution in [2.24, 2.45) is 0 Å². The summed E-state index contributed by atoms with van der Waals surface area (Å²) in [4.78, 5) is 46.9. The van der Waals surface area contributed by atoms with Gasteiger partial charge in [0.1, 0.15) is 6.04 Å². The normalized spacial score (nSPS) is 21.6. The number of benzene rings is 2. The maximum atomic E-state index is 14.1. The van der Waals surface area contributed by atoms with Crippen LogP contribution in [0.1, 0.15) is 61.6 Å². The minimum Gasteiger partial charge on any atom is -0.346 e. The lowest BCUT2D eigenvalue weighted by Crippen LogP contribution is -2.60. The van der Waals surface area contributed by atoms with E-state index >= 15 is 0 Å². The Morgan fingerprint density at radius 2 is 1.64 bits per heavy atom. The van der Waals surface area contributed by atoms with Gasteiger partial charge < -0.3 is 25.3 Å². The van der Waals surface area contributed by atoms with Crippen LogP contribution in [0.15, 0.2) is 53.9 Å². The Kier molecular flexibility index (Phi) is 8.33. The quantitative estimate of drug-likeness (QED) is 0.439. The third-order valence-corrected chi connectivity index (χ3v) is 11.4. The highest BCUT2D eigenvalue weighted by molar-refractivity contribution is 7.17. The second kappa shape index (κ2) is 12.5. The zero-order chi connectivity index (χ0) is 30.1. The van der Waals surface area contributed by atoms with Crippen LogP contribution in [0.2, 0.25) is 0 Å². The van der Waals surface area contributed by atoms with E-state index in [1.165, 1.54) is 42.6 Å². The molecule has 2 N–H and O–H groups in total. The van der Waals surface area contributed by atoms with Gasteiger partial charge in [0.05, 0.1) is 12.0 Å². The number of hydrogen-bond donors (Lipinski definition) is 2. The van der Waals surface area contributed by atoms with Gasteiger partial charge in [-0.15, -0.1) is 11.3 Å². The molecule has 4 aliphatic heterocycles. The molecule has 0 radical (unpaired) electrons. The molecule has 7 rings (SSSR count). The average Bonchev–Trinajstić information content (AvgIpc) is 3.47. The number of carbonyl (C=O) groups is 3. The lowest BCUT2D eigenvalue weighted by Gasteiger charge is -2.45. The number of nitrogens with zero attached hydrogens (tertiary/aromatic N) is 3. The van der Waals surface area contributed by atoms with Gasteiger partial charge in [0.2, 0.25) is 11.8 Å². The second-order valence-electron chi connectivity index (χ2n) is 13.1. The van der Waals surface area contributed by atoms with Gasteiger partial charge >= 0.3 is 6.03 Å². The van der Waals surface area contributed by atoms with E-state index in [0.717, 1.165) is 42.4 Å².